The molecule has 2 aliphatic carbocycles. The lowest BCUT2D eigenvalue weighted by Gasteiger charge is -2.34. The molecule has 0 aliphatic heterocycles. The Hall–Kier alpha value is -1.26. The van der Waals surface area contributed by atoms with E-state index in [-0.39, 0.29) is 6.03 Å². The molecule has 0 aromatic carbocycles. The van der Waals surface area contributed by atoms with Gasteiger partial charge in [-0.25, -0.2) is 9.59 Å². The lowest BCUT2D eigenvalue weighted by molar-refractivity contribution is -0.145. The molecule has 0 saturated heterocycles. The molecule has 0 atom stereocenters. The van der Waals surface area contributed by atoms with Crippen LogP contribution in [-0.2, 0) is 4.79 Å². The fourth-order valence-corrected chi connectivity index (χ4v) is 3.58. The standard InChI is InChI=1S/C16H28N2O3/c1-12-5-7-13(8-6-12)11-17-15(21)18-16(14(19)20)9-3-2-4-10-16/h12-13H,2-11H2,1H3,(H,19,20)(H2,17,18,21). The molecule has 2 saturated carbocycles. The van der Waals surface area contributed by atoms with E-state index in [9.17, 15) is 14.7 Å². The minimum atomic E-state index is -1.05. The van der Waals surface area contributed by atoms with Gasteiger partial charge < -0.3 is 15.7 Å². The van der Waals surface area contributed by atoms with Gasteiger partial charge in [0.2, 0.25) is 0 Å². The van der Waals surface area contributed by atoms with Crippen molar-refractivity contribution in [2.24, 2.45) is 11.8 Å². The van der Waals surface area contributed by atoms with Gasteiger partial charge in [-0.05, 0) is 37.5 Å². The Labute approximate surface area is 126 Å². The Bertz CT molecular complexity index is 370. The van der Waals surface area contributed by atoms with E-state index < -0.39 is 11.5 Å². The smallest absolute Gasteiger partial charge is 0.329 e. The summed E-state index contributed by atoms with van der Waals surface area (Å²) in [4.78, 5) is 23.6. The average Bonchev–Trinajstić information content (AvgIpc) is 2.47. The van der Waals surface area contributed by atoms with Crippen molar-refractivity contribution in [1.29, 1.82) is 0 Å². The highest BCUT2D eigenvalue weighted by Crippen LogP contribution is 2.29. The zero-order valence-corrected chi connectivity index (χ0v) is 13.0. The molecular weight excluding hydrogens is 268 g/mol. The molecule has 0 aromatic rings. The van der Waals surface area contributed by atoms with Crippen molar-refractivity contribution in [2.75, 3.05) is 6.54 Å². The van der Waals surface area contributed by atoms with Gasteiger partial charge in [0, 0.05) is 6.54 Å². The van der Waals surface area contributed by atoms with Crippen LogP contribution in [0.15, 0.2) is 0 Å². The Morgan fingerprint density at radius 2 is 1.71 bits per heavy atom. The number of nitrogens with one attached hydrogen (secondary N) is 2. The number of hydrogen-bond donors (Lipinski definition) is 3. The zero-order valence-electron chi connectivity index (χ0n) is 13.0. The molecule has 0 unspecified atom stereocenters. The van der Waals surface area contributed by atoms with Gasteiger partial charge in [-0.1, -0.05) is 39.0 Å². The van der Waals surface area contributed by atoms with Gasteiger partial charge in [0.1, 0.15) is 5.54 Å². The number of aliphatic carboxylic acids is 1. The maximum Gasteiger partial charge on any atom is 0.329 e. The Morgan fingerprint density at radius 3 is 2.29 bits per heavy atom. The summed E-state index contributed by atoms with van der Waals surface area (Å²) in [6.45, 7) is 2.93. The molecule has 0 radical (unpaired) electrons. The average molecular weight is 296 g/mol. The van der Waals surface area contributed by atoms with Gasteiger partial charge in [0.25, 0.3) is 0 Å². The van der Waals surface area contributed by atoms with Gasteiger partial charge in [-0.3, -0.25) is 0 Å². The fraction of sp³-hybridized carbons (Fsp3) is 0.875. The highest BCUT2D eigenvalue weighted by atomic mass is 16.4. The summed E-state index contributed by atoms with van der Waals surface area (Å²) < 4.78 is 0. The lowest BCUT2D eigenvalue weighted by atomic mass is 9.81. The third kappa shape index (κ3) is 4.35. The summed E-state index contributed by atoms with van der Waals surface area (Å²) in [6, 6.07) is -0.321. The number of carboxylic acid groups (broad SMARTS) is 1. The number of hydrogen-bond acceptors (Lipinski definition) is 2. The van der Waals surface area contributed by atoms with Crippen molar-refractivity contribution >= 4 is 12.0 Å². The topological polar surface area (TPSA) is 78.4 Å². The summed E-state index contributed by atoms with van der Waals surface area (Å²) >= 11 is 0. The van der Waals surface area contributed by atoms with Gasteiger partial charge >= 0.3 is 12.0 Å². The van der Waals surface area contributed by atoms with Crippen molar-refractivity contribution < 1.29 is 14.7 Å². The van der Waals surface area contributed by atoms with Gasteiger partial charge in [0.15, 0.2) is 0 Å². The van der Waals surface area contributed by atoms with Crippen LogP contribution >= 0.6 is 0 Å². The van der Waals surface area contributed by atoms with Crippen LogP contribution in [-0.4, -0.2) is 29.2 Å². The third-order valence-electron chi connectivity index (χ3n) is 5.16. The Morgan fingerprint density at radius 1 is 1.10 bits per heavy atom. The van der Waals surface area contributed by atoms with E-state index in [1.165, 1.54) is 12.8 Å². The first-order valence-electron chi connectivity index (χ1n) is 8.31. The SMILES string of the molecule is CC1CCC(CNC(=O)NC2(C(=O)O)CCCCC2)CC1. The molecule has 120 valence electrons. The van der Waals surface area contributed by atoms with Gasteiger partial charge in [-0.15, -0.1) is 0 Å². The van der Waals surface area contributed by atoms with Crippen LogP contribution in [0, 0.1) is 11.8 Å². The number of rotatable bonds is 4. The largest absolute Gasteiger partial charge is 0.480 e. The maximum atomic E-state index is 12.0. The van der Waals surface area contributed by atoms with E-state index in [4.69, 9.17) is 0 Å². The molecule has 3 N–H and O–H groups in total. The predicted molar refractivity (Wildman–Crippen MR) is 81.1 cm³/mol. The van der Waals surface area contributed by atoms with E-state index in [2.05, 4.69) is 17.6 Å². The molecule has 0 aromatic heterocycles. The monoisotopic (exact) mass is 296 g/mol. The van der Waals surface area contributed by atoms with Crippen LogP contribution in [0.1, 0.15) is 64.7 Å². The molecule has 5 heteroatoms. The zero-order chi connectivity index (χ0) is 15.3. The number of carbonyl (C=O) groups excluding carboxylic acids is 1. The van der Waals surface area contributed by atoms with E-state index in [1.54, 1.807) is 0 Å². The van der Waals surface area contributed by atoms with Crippen LogP contribution in [0.3, 0.4) is 0 Å². The van der Waals surface area contributed by atoms with Crippen LogP contribution in [0.5, 0.6) is 0 Å². The van der Waals surface area contributed by atoms with Crippen LogP contribution < -0.4 is 10.6 Å². The summed E-state index contributed by atoms with van der Waals surface area (Å²) in [5, 5.41) is 15.1. The van der Waals surface area contributed by atoms with Gasteiger partial charge in [-0.2, -0.15) is 0 Å². The minimum absolute atomic E-state index is 0.321. The second kappa shape index (κ2) is 7.14. The van der Waals surface area contributed by atoms with E-state index in [1.807, 2.05) is 0 Å². The summed E-state index contributed by atoms with van der Waals surface area (Å²) in [5.74, 6) is 0.440. The van der Waals surface area contributed by atoms with Gasteiger partial charge in [0.05, 0.1) is 0 Å². The van der Waals surface area contributed by atoms with E-state index >= 15 is 0 Å². The molecule has 2 aliphatic rings. The molecular formula is C16H28N2O3. The molecule has 0 heterocycles. The molecule has 5 nitrogen and oxygen atoms in total. The first-order valence-corrected chi connectivity index (χ1v) is 8.31. The quantitative estimate of drug-likeness (QED) is 0.746. The van der Waals surface area contributed by atoms with Crippen molar-refractivity contribution in [1.82, 2.24) is 10.6 Å². The highest BCUT2D eigenvalue weighted by Gasteiger charge is 2.41. The molecule has 2 rings (SSSR count). The van der Waals surface area contributed by atoms with Crippen molar-refractivity contribution in [3.8, 4) is 0 Å². The second-order valence-corrected chi connectivity index (χ2v) is 6.91. The van der Waals surface area contributed by atoms with Crippen molar-refractivity contribution in [3.05, 3.63) is 0 Å². The van der Waals surface area contributed by atoms with Crippen molar-refractivity contribution in [2.45, 2.75) is 70.3 Å². The summed E-state index contributed by atoms with van der Waals surface area (Å²) in [6.07, 6.45) is 8.64. The Balaban J connectivity index is 1.78. The lowest BCUT2D eigenvalue weighted by Crippen LogP contribution is -2.58. The fourth-order valence-electron chi connectivity index (χ4n) is 3.58. The van der Waals surface area contributed by atoms with Crippen LogP contribution in [0.2, 0.25) is 0 Å². The Kier molecular flexibility index (Phi) is 5.48. The number of amides is 2. The number of urea groups is 1. The number of carboxylic acids is 1. The summed E-state index contributed by atoms with van der Waals surface area (Å²) in [5.41, 5.74) is -1.05. The van der Waals surface area contributed by atoms with Crippen LogP contribution in [0.25, 0.3) is 0 Å². The molecule has 21 heavy (non-hydrogen) atoms. The number of carbonyl (C=O) groups is 2. The van der Waals surface area contributed by atoms with Crippen LogP contribution in [0.4, 0.5) is 4.79 Å². The molecule has 0 spiro atoms. The van der Waals surface area contributed by atoms with E-state index in [0.29, 0.717) is 25.3 Å². The first-order chi connectivity index (χ1) is 10.0. The second-order valence-electron chi connectivity index (χ2n) is 6.91. The molecule has 2 fully saturated rings. The van der Waals surface area contributed by atoms with Crippen molar-refractivity contribution in [3.63, 3.8) is 0 Å². The first kappa shape index (κ1) is 16.1. The normalized spacial score (nSPS) is 28.6. The molecule has 0 bridgehead atoms. The third-order valence-corrected chi connectivity index (χ3v) is 5.16. The molecule has 2 amide bonds. The highest BCUT2D eigenvalue weighted by molar-refractivity contribution is 5.86. The minimum Gasteiger partial charge on any atom is -0.480 e. The summed E-state index contributed by atoms with van der Waals surface area (Å²) in [7, 11) is 0. The maximum absolute atomic E-state index is 12.0. The van der Waals surface area contributed by atoms with E-state index in [0.717, 1.165) is 38.0 Å². The predicted octanol–water partition coefficient (Wildman–Crippen LogP) is 2.90.